The average molecular weight is 346 g/mol. The first-order chi connectivity index (χ1) is 12.0. The number of benzene rings is 1. The zero-order valence-corrected chi connectivity index (χ0v) is 13.5. The van der Waals surface area contributed by atoms with E-state index in [2.05, 4.69) is 5.32 Å². The van der Waals surface area contributed by atoms with Crippen molar-refractivity contribution in [2.24, 2.45) is 0 Å². The summed E-state index contributed by atoms with van der Waals surface area (Å²) in [6, 6.07) is 3.18. The number of carbonyl (C=O) groups excluding carboxylic acids is 2. The van der Waals surface area contributed by atoms with Crippen molar-refractivity contribution in [3.8, 4) is 0 Å². The molecule has 2 aliphatic heterocycles. The summed E-state index contributed by atoms with van der Waals surface area (Å²) in [5.41, 5.74) is 0.244. The summed E-state index contributed by atoms with van der Waals surface area (Å²) in [6.07, 6.45) is 5.71. The Morgan fingerprint density at radius 3 is 2.48 bits per heavy atom. The summed E-state index contributed by atoms with van der Waals surface area (Å²) in [5, 5.41) is 12.0. The quantitative estimate of drug-likeness (QED) is 0.816. The minimum absolute atomic E-state index is 0.157. The molecule has 2 heterocycles. The normalized spacial score (nSPS) is 27.2. The van der Waals surface area contributed by atoms with Gasteiger partial charge in [0.2, 0.25) is 5.91 Å². The van der Waals surface area contributed by atoms with Gasteiger partial charge in [-0.3, -0.25) is 9.59 Å². The maximum absolute atomic E-state index is 13.0. The van der Waals surface area contributed by atoms with Crippen molar-refractivity contribution in [3.05, 3.63) is 47.8 Å². The molecule has 1 aromatic carbocycles. The molecule has 1 aromatic rings. The van der Waals surface area contributed by atoms with Crippen LogP contribution in [0.25, 0.3) is 0 Å². The van der Waals surface area contributed by atoms with Crippen molar-refractivity contribution >= 4 is 17.8 Å². The van der Waals surface area contributed by atoms with Gasteiger partial charge in [-0.25, -0.2) is 9.18 Å². The predicted molar refractivity (Wildman–Crippen MR) is 87.3 cm³/mol. The van der Waals surface area contributed by atoms with Gasteiger partial charge in [-0.2, -0.15) is 0 Å². The van der Waals surface area contributed by atoms with Gasteiger partial charge in [0.25, 0.3) is 5.91 Å². The first-order valence-electron chi connectivity index (χ1n) is 8.24. The third-order valence-corrected chi connectivity index (χ3v) is 4.70. The number of nitrogens with zero attached hydrogens (tertiary/aromatic N) is 1. The summed E-state index contributed by atoms with van der Waals surface area (Å²) in [4.78, 5) is 38.1. The highest BCUT2D eigenvalue weighted by molar-refractivity contribution is 5.98. The lowest BCUT2D eigenvalue weighted by molar-refractivity contribution is -0.150. The van der Waals surface area contributed by atoms with Gasteiger partial charge in [-0.15, -0.1) is 0 Å². The van der Waals surface area contributed by atoms with Gasteiger partial charge in [0.05, 0.1) is 0 Å². The Kier molecular flexibility index (Phi) is 4.83. The number of halogens is 1. The molecule has 0 aliphatic carbocycles. The first-order valence-corrected chi connectivity index (χ1v) is 8.24. The number of hydrogen-bond donors (Lipinski definition) is 2. The zero-order chi connectivity index (χ0) is 18.0. The fourth-order valence-corrected chi connectivity index (χ4v) is 3.42. The fourth-order valence-electron chi connectivity index (χ4n) is 3.42. The molecule has 2 N–H and O–H groups in total. The second-order valence-electron chi connectivity index (χ2n) is 6.31. The number of carboxylic acid groups (broad SMARTS) is 1. The molecule has 7 heteroatoms. The van der Waals surface area contributed by atoms with Crippen molar-refractivity contribution in [1.82, 2.24) is 10.2 Å². The Balaban J connectivity index is 1.80. The Hall–Kier alpha value is -2.70. The lowest BCUT2D eigenvalue weighted by Crippen LogP contribution is -2.54. The van der Waals surface area contributed by atoms with E-state index in [0.717, 1.165) is 0 Å². The van der Waals surface area contributed by atoms with Crippen LogP contribution in [0.15, 0.2) is 36.4 Å². The third-order valence-electron chi connectivity index (χ3n) is 4.70. The van der Waals surface area contributed by atoms with E-state index in [-0.39, 0.29) is 17.5 Å². The molecule has 0 bridgehead atoms. The summed E-state index contributed by atoms with van der Waals surface area (Å²) in [5.74, 6) is -2.35. The zero-order valence-electron chi connectivity index (χ0n) is 13.5. The number of rotatable bonds is 3. The summed E-state index contributed by atoms with van der Waals surface area (Å²) < 4.78 is 13.0. The van der Waals surface area contributed by atoms with Crippen LogP contribution in [0.3, 0.4) is 0 Å². The number of hydrogen-bond acceptors (Lipinski definition) is 3. The summed E-state index contributed by atoms with van der Waals surface area (Å²) in [7, 11) is 0. The molecule has 0 aromatic heterocycles. The SMILES string of the molecule is O=C(N[C@H]1C/C=C\C[C@@H]2CC[C@@H](C(=O)O)N2C1=O)c1ccc(F)cc1. The highest BCUT2D eigenvalue weighted by Crippen LogP contribution is 2.29. The van der Waals surface area contributed by atoms with Crippen molar-refractivity contribution in [2.75, 3.05) is 0 Å². The smallest absolute Gasteiger partial charge is 0.326 e. The largest absolute Gasteiger partial charge is 0.480 e. The first kappa shape index (κ1) is 17.1. The van der Waals surface area contributed by atoms with Crippen molar-refractivity contribution in [1.29, 1.82) is 0 Å². The monoisotopic (exact) mass is 346 g/mol. The van der Waals surface area contributed by atoms with Crippen LogP contribution >= 0.6 is 0 Å². The topological polar surface area (TPSA) is 86.7 Å². The lowest BCUT2D eigenvalue weighted by atomic mass is 10.0. The second-order valence-corrected chi connectivity index (χ2v) is 6.31. The number of amides is 2. The Morgan fingerprint density at radius 1 is 1.12 bits per heavy atom. The van der Waals surface area contributed by atoms with Crippen molar-refractivity contribution in [3.63, 3.8) is 0 Å². The molecule has 6 nitrogen and oxygen atoms in total. The molecule has 2 amide bonds. The Morgan fingerprint density at radius 2 is 1.80 bits per heavy atom. The van der Waals surface area contributed by atoms with Gasteiger partial charge in [0, 0.05) is 11.6 Å². The van der Waals surface area contributed by atoms with Crippen molar-refractivity contribution < 1.29 is 23.9 Å². The van der Waals surface area contributed by atoms with E-state index < -0.39 is 29.8 Å². The Bertz CT molecular complexity index is 716. The van der Waals surface area contributed by atoms with Crippen LogP contribution < -0.4 is 5.32 Å². The number of nitrogens with one attached hydrogen (secondary N) is 1. The van der Waals surface area contributed by atoms with Gasteiger partial charge < -0.3 is 15.3 Å². The van der Waals surface area contributed by atoms with Crippen LogP contribution in [0.5, 0.6) is 0 Å². The molecule has 0 unspecified atom stereocenters. The molecule has 3 rings (SSSR count). The van der Waals surface area contributed by atoms with Gasteiger partial charge in [-0.05, 0) is 49.9 Å². The van der Waals surface area contributed by atoms with Gasteiger partial charge >= 0.3 is 5.97 Å². The highest BCUT2D eigenvalue weighted by Gasteiger charge is 2.43. The molecule has 0 spiro atoms. The van der Waals surface area contributed by atoms with E-state index in [1.807, 2.05) is 12.2 Å². The summed E-state index contributed by atoms with van der Waals surface area (Å²) in [6.45, 7) is 0. The lowest BCUT2D eigenvalue weighted by Gasteiger charge is -2.32. The number of fused-ring (bicyclic) bond motifs is 1. The Labute approximate surface area is 144 Å². The average Bonchev–Trinajstić information content (AvgIpc) is 2.99. The maximum atomic E-state index is 13.0. The van der Waals surface area contributed by atoms with E-state index in [0.29, 0.717) is 25.7 Å². The minimum Gasteiger partial charge on any atom is -0.480 e. The molecule has 0 radical (unpaired) electrons. The molecule has 3 atom stereocenters. The number of carbonyl (C=O) groups is 3. The molecule has 0 saturated carbocycles. The molecule has 1 saturated heterocycles. The van der Waals surface area contributed by atoms with E-state index in [1.54, 1.807) is 0 Å². The highest BCUT2D eigenvalue weighted by atomic mass is 19.1. The molecule has 1 fully saturated rings. The van der Waals surface area contributed by atoms with Gasteiger partial charge in [0.1, 0.15) is 17.9 Å². The van der Waals surface area contributed by atoms with Gasteiger partial charge in [-0.1, -0.05) is 12.2 Å². The second kappa shape index (κ2) is 7.04. The van der Waals surface area contributed by atoms with E-state index in [9.17, 15) is 23.9 Å². The van der Waals surface area contributed by atoms with E-state index in [4.69, 9.17) is 0 Å². The van der Waals surface area contributed by atoms with Gasteiger partial charge in [0.15, 0.2) is 0 Å². The summed E-state index contributed by atoms with van der Waals surface area (Å²) >= 11 is 0. The third kappa shape index (κ3) is 3.55. The number of carboxylic acids is 1. The maximum Gasteiger partial charge on any atom is 0.326 e. The predicted octanol–water partition coefficient (Wildman–Crippen LogP) is 1.72. The van der Waals surface area contributed by atoms with Crippen LogP contribution in [-0.2, 0) is 9.59 Å². The van der Waals surface area contributed by atoms with Crippen LogP contribution in [-0.4, -0.2) is 45.9 Å². The van der Waals surface area contributed by atoms with E-state index >= 15 is 0 Å². The minimum atomic E-state index is -1.02. The van der Waals surface area contributed by atoms with Crippen LogP contribution in [0, 0.1) is 5.82 Å². The fraction of sp³-hybridized carbons (Fsp3) is 0.389. The van der Waals surface area contributed by atoms with Crippen LogP contribution in [0.4, 0.5) is 4.39 Å². The number of aliphatic carboxylic acids is 1. The van der Waals surface area contributed by atoms with Crippen LogP contribution in [0.2, 0.25) is 0 Å². The molecular formula is C18H19FN2O4. The standard InChI is InChI=1S/C18H19FN2O4/c19-12-7-5-11(6-8-12)16(22)20-14-4-2-1-3-13-9-10-15(18(24)25)21(13)17(14)23/h1-2,5-8,13-15H,3-4,9-10H2,(H,20,22)(H,24,25)/b2-1-/t13-,14+,15+/m1/s1. The molecule has 25 heavy (non-hydrogen) atoms. The van der Waals surface area contributed by atoms with Crippen molar-refractivity contribution in [2.45, 2.75) is 43.8 Å². The molecule has 132 valence electrons. The molecular weight excluding hydrogens is 327 g/mol. The van der Waals surface area contributed by atoms with Crippen LogP contribution in [0.1, 0.15) is 36.0 Å². The van der Waals surface area contributed by atoms with E-state index in [1.165, 1.54) is 29.2 Å². The molecule has 2 aliphatic rings.